The van der Waals surface area contributed by atoms with Gasteiger partial charge in [-0.3, -0.25) is 4.79 Å². The molecule has 0 heterocycles. The highest BCUT2D eigenvalue weighted by Crippen LogP contribution is 2.17. The maximum absolute atomic E-state index is 11.6. The highest BCUT2D eigenvalue weighted by atomic mass is 79.9. The Balaban J connectivity index is 2.70. The minimum Gasteiger partial charge on any atom is -0.460 e. The summed E-state index contributed by atoms with van der Waals surface area (Å²) in [6, 6.07) is 5.88. The summed E-state index contributed by atoms with van der Waals surface area (Å²) in [6.07, 6.45) is 0.330. The quantitative estimate of drug-likeness (QED) is 0.775. The van der Waals surface area contributed by atoms with Crippen molar-refractivity contribution in [3.63, 3.8) is 0 Å². The predicted molar refractivity (Wildman–Crippen MR) is 68.4 cm³/mol. The summed E-state index contributed by atoms with van der Waals surface area (Å²) in [5.74, 6) is -0.182. The SMILES string of the molecule is Cc1cc(Br)ccc1CC(=O)OC(C)(C)C. The maximum atomic E-state index is 11.6. The first-order chi connectivity index (χ1) is 7.28. The number of benzene rings is 1. The fourth-order valence-electron chi connectivity index (χ4n) is 1.39. The summed E-state index contributed by atoms with van der Waals surface area (Å²) in [7, 11) is 0. The van der Waals surface area contributed by atoms with Crippen LogP contribution in [-0.2, 0) is 16.0 Å². The third kappa shape index (κ3) is 4.35. The van der Waals surface area contributed by atoms with Crippen molar-refractivity contribution in [1.29, 1.82) is 0 Å². The number of carbonyl (C=O) groups is 1. The summed E-state index contributed by atoms with van der Waals surface area (Å²) in [5, 5.41) is 0. The van der Waals surface area contributed by atoms with Gasteiger partial charge in [-0.1, -0.05) is 22.0 Å². The molecule has 0 radical (unpaired) electrons. The molecule has 0 saturated heterocycles. The molecule has 0 atom stereocenters. The lowest BCUT2D eigenvalue weighted by Gasteiger charge is -2.19. The maximum Gasteiger partial charge on any atom is 0.310 e. The van der Waals surface area contributed by atoms with Gasteiger partial charge in [0.15, 0.2) is 0 Å². The molecule has 0 spiro atoms. The van der Waals surface area contributed by atoms with Gasteiger partial charge < -0.3 is 4.74 Å². The van der Waals surface area contributed by atoms with Gasteiger partial charge in [0.05, 0.1) is 6.42 Å². The molecule has 1 aromatic carbocycles. The highest BCUT2D eigenvalue weighted by Gasteiger charge is 2.16. The number of aryl methyl sites for hydroxylation is 1. The lowest BCUT2D eigenvalue weighted by molar-refractivity contribution is -0.153. The van der Waals surface area contributed by atoms with Crippen molar-refractivity contribution >= 4 is 21.9 Å². The van der Waals surface area contributed by atoms with Crippen molar-refractivity contribution in [1.82, 2.24) is 0 Å². The highest BCUT2D eigenvalue weighted by molar-refractivity contribution is 9.10. The molecule has 0 aliphatic rings. The first-order valence-corrected chi connectivity index (χ1v) is 6.04. The van der Waals surface area contributed by atoms with Crippen molar-refractivity contribution in [2.24, 2.45) is 0 Å². The van der Waals surface area contributed by atoms with E-state index in [4.69, 9.17) is 4.74 Å². The minimum atomic E-state index is -0.416. The predicted octanol–water partition coefficient (Wildman–Crippen LogP) is 3.64. The number of ether oxygens (including phenoxy) is 1. The van der Waals surface area contributed by atoms with Crippen LogP contribution in [0.1, 0.15) is 31.9 Å². The van der Waals surface area contributed by atoms with E-state index >= 15 is 0 Å². The van der Waals surface area contributed by atoms with Crippen molar-refractivity contribution in [3.8, 4) is 0 Å². The molecular weight excluding hydrogens is 268 g/mol. The van der Waals surface area contributed by atoms with E-state index in [0.717, 1.165) is 15.6 Å². The molecule has 0 aliphatic carbocycles. The van der Waals surface area contributed by atoms with Gasteiger partial charge in [-0.05, 0) is 51.0 Å². The van der Waals surface area contributed by atoms with Gasteiger partial charge in [0.25, 0.3) is 0 Å². The molecule has 3 heteroatoms. The van der Waals surface area contributed by atoms with E-state index in [1.807, 2.05) is 45.9 Å². The van der Waals surface area contributed by atoms with Crippen LogP contribution < -0.4 is 0 Å². The molecule has 0 N–H and O–H groups in total. The lowest BCUT2D eigenvalue weighted by atomic mass is 10.1. The Morgan fingerprint density at radius 3 is 2.50 bits per heavy atom. The molecule has 0 aromatic heterocycles. The van der Waals surface area contributed by atoms with E-state index in [-0.39, 0.29) is 5.97 Å². The fourth-order valence-corrected chi connectivity index (χ4v) is 1.87. The normalized spacial score (nSPS) is 11.3. The van der Waals surface area contributed by atoms with E-state index in [1.165, 1.54) is 0 Å². The molecule has 88 valence electrons. The van der Waals surface area contributed by atoms with Crippen LogP contribution in [0.15, 0.2) is 22.7 Å². The van der Waals surface area contributed by atoms with Crippen LogP contribution in [0.25, 0.3) is 0 Å². The third-order valence-electron chi connectivity index (χ3n) is 2.06. The molecule has 0 aliphatic heterocycles. The number of carbonyl (C=O) groups excluding carboxylic acids is 1. The zero-order chi connectivity index (χ0) is 12.3. The van der Waals surface area contributed by atoms with Gasteiger partial charge in [0.2, 0.25) is 0 Å². The topological polar surface area (TPSA) is 26.3 Å². The van der Waals surface area contributed by atoms with Crippen LogP contribution >= 0.6 is 15.9 Å². The number of esters is 1. The molecular formula is C13H17BrO2. The molecule has 16 heavy (non-hydrogen) atoms. The lowest BCUT2D eigenvalue weighted by Crippen LogP contribution is -2.25. The molecule has 0 bridgehead atoms. The number of hydrogen-bond acceptors (Lipinski definition) is 2. The van der Waals surface area contributed by atoms with E-state index in [9.17, 15) is 4.79 Å². The molecule has 0 amide bonds. The van der Waals surface area contributed by atoms with Crippen LogP contribution in [0.3, 0.4) is 0 Å². The molecule has 0 fully saturated rings. The Labute approximate surface area is 105 Å². The first-order valence-electron chi connectivity index (χ1n) is 5.25. The van der Waals surface area contributed by atoms with E-state index in [1.54, 1.807) is 0 Å². The molecule has 1 aromatic rings. The van der Waals surface area contributed by atoms with Crippen LogP contribution in [-0.4, -0.2) is 11.6 Å². The fraction of sp³-hybridized carbons (Fsp3) is 0.462. The van der Waals surface area contributed by atoms with Gasteiger partial charge in [0.1, 0.15) is 5.60 Å². The molecule has 0 unspecified atom stereocenters. The Hall–Kier alpha value is -0.830. The smallest absolute Gasteiger partial charge is 0.310 e. The van der Waals surface area contributed by atoms with Crippen molar-refractivity contribution < 1.29 is 9.53 Å². The average Bonchev–Trinajstić information content (AvgIpc) is 2.06. The van der Waals surface area contributed by atoms with Crippen LogP contribution in [0, 0.1) is 6.92 Å². The number of hydrogen-bond donors (Lipinski definition) is 0. The van der Waals surface area contributed by atoms with E-state index in [2.05, 4.69) is 15.9 Å². The Morgan fingerprint density at radius 1 is 1.38 bits per heavy atom. The van der Waals surface area contributed by atoms with Gasteiger partial charge in [0, 0.05) is 4.47 Å². The third-order valence-corrected chi connectivity index (χ3v) is 2.55. The van der Waals surface area contributed by atoms with Gasteiger partial charge in [-0.25, -0.2) is 0 Å². The van der Waals surface area contributed by atoms with Crippen LogP contribution in [0.5, 0.6) is 0 Å². The van der Waals surface area contributed by atoms with Crippen molar-refractivity contribution in [2.45, 2.75) is 39.7 Å². The zero-order valence-electron chi connectivity index (χ0n) is 10.1. The standard InChI is InChI=1S/C13H17BrO2/c1-9-7-11(14)6-5-10(9)8-12(15)16-13(2,3)4/h5-7H,8H2,1-4H3. The second-order valence-corrected chi connectivity index (χ2v) is 5.75. The first kappa shape index (κ1) is 13.2. The Kier molecular flexibility index (Phi) is 4.14. The zero-order valence-corrected chi connectivity index (χ0v) is 11.7. The van der Waals surface area contributed by atoms with E-state index in [0.29, 0.717) is 6.42 Å². The van der Waals surface area contributed by atoms with Gasteiger partial charge >= 0.3 is 5.97 Å². The summed E-state index contributed by atoms with van der Waals surface area (Å²) in [4.78, 5) is 11.6. The summed E-state index contributed by atoms with van der Waals surface area (Å²) < 4.78 is 6.30. The van der Waals surface area contributed by atoms with Crippen molar-refractivity contribution in [2.75, 3.05) is 0 Å². The largest absolute Gasteiger partial charge is 0.460 e. The summed E-state index contributed by atoms with van der Waals surface area (Å²) >= 11 is 3.40. The summed E-state index contributed by atoms with van der Waals surface area (Å²) in [5.41, 5.74) is 1.69. The number of rotatable bonds is 2. The van der Waals surface area contributed by atoms with Gasteiger partial charge in [-0.2, -0.15) is 0 Å². The second kappa shape index (κ2) is 5.00. The Morgan fingerprint density at radius 2 is 2.00 bits per heavy atom. The van der Waals surface area contributed by atoms with Crippen molar-refractivity contribution in [3.05, 3.63) is 33.8 Å². The van der Waals surface area contributed by atoms with Crippen LogP contribution in [0.2, 0.25) is 0 Å². The second-order valence-electron chi connectivity index (χ2n) is 4.83. The summed E-state index contributed by atoms with van der Waals surface area (Å²) in [6.45, 7) is 7.61. The monoisotopic (exact) mass is 284 g/mol. The van der Waals surface area contributed by atoms with E-state index < -0.39 is 5.60 Å². The molecule has 2 nitrogen and oxygen atoms in total. The molecule has 0 saturated carbocycles. The van der Waals surface area contributed by atoms with Gasteiger partial charge in [-0.15, -0.1) is 0 Å². The molecule has 1 rings (SSSR count). The number of halogens is 1. The minimum absolute atomic E-state index is 0.182. The Bertz CT molecular complexity index is 391. The van der Waals surface area contributed by atoms with Crippen LogP contribution in [0.4, 0.5) is 0 Å². The average molecular weight is 285 g/mol.